The van der Waals surface area contributed by atoms with E-state index in [2.05, 4.69) is 39.3 Å². The first-order valence-corrected chi connectivity index (χ1v) is 16.8. The van der Waals surface area contributed by atoms with Crippen molar-refractivity contribution in [3.05, 3.63) is 0 Å². The number of hydrogen-bond donors (Lipinski definition) is 0. The Labute approximate surface area is 86.7 Å². The molecule has 0 aliphatic rings. The smallest absolute Gasteiger partial charge is 1.00 e. The average Bonchev–Trinajstić information content (AvgIpc) is 1.14. The number of hydrogen-bond acceptors (Lipinski definition) is 0. The van der Waals surface area contributed by atoms with Crippen LogP contribution in [0.1, 0.15) is 1.43 Å². The summed E-state index contributed by atoms with van der Waals surface area (Å²) >= 11 is 0.486. The second-order valence-corrected chi connectivity index (χ2v) is 38.2. The van der Waals surface area contributed by atoms with Crippen molar-refractivity contribution in [2.24, 2.45) is 0 Å². The third kappa shape index (κ3) is 12.3. The molecule has 0 N–H and O–H groups in total. The molecule has 0 nitrogen and oxygen atoms in total. The fourth-order valence-electron chi connectivity index (χ4n) is 1.12. The second kappa shape index (κ2) is 4.58. The van der Waals surface area contributed by atoms with Crippen LogP contribution in [-0.4, -0.2) is 27.5 Å². The van der Waals surface area contributed by atoms with Crippen LogP contribution >= 0.6 is 0 Å². The van der Waals surface area contributed by atoms with Crippen molar-refractivity contribution in [1.29, 1.82) is 0 Å². The third-order valence-corrected chi connectivity index (χ3v) is 35.1. The minimum atomic E-state index is -0.606. The second-order valence-electron chi connectivity index (χ2n) is 4.62. The SMILES string of the molecule is C[Si](C)(C)[AsH][Si](C)(C)C.[H-].[Li+]. The first-order chi connectivity index (χ1) is 3.71. The van der Waals surface area contributed by atoms with E-state index in [9.17, 15) is 0 Å². The van der Waals surface area contributed by atoms with Crippen molar-refractivity contribution in [3.63, 3.8) is 0 Å². The molecule has 0 fully saturated rings. The van der Waals surface area contributed by atoms with Gasteiger partial charge in [0.2, 0.25) is 0 Å². The van der Waals surface area contributed by atoms with Crippen LogP contribution in [0.3, 0.4) is 0 Å². The molecule has 0 radical (unpaired) electrons. The van der Waals surface area contributed by atoms with E-state index in [0.29, 0.717) is 14.4 Å². The minimum absolute atomic E-state index is 0. The van der Waals surface area contributed by atoms with E-state index < -0.39 is 13.1 Å². The van der Waals surface area contributed by atoms with Gasteiger partial charge in [0.05, 0.1) is 0 Å². The Morgan fingerprint density at radius 2 is 1.00 bits per heavy atom. The zero-order valence-electron chi connectivity index (χ0n) is 9.50. The van der Waals surface area contributed by atoms with E-state index in [4.69, 9.17) is 0 Å². The van der Waals surface area contributed by atoms with Gasteiger partial charge in [0, 0.05) is 0 Å². The van der Waals surface area contributed by atoms with Crippen LogP contribution in [0.25, 0.3) is 0 Å². The molecule has 0 aromatic heterocycles. The Morgan fingerprint density at radius 1 is 0.800 bits per heavy atom. The molecular weight excluding hydrogens is 210 g/mol. The molecule has 0 bridgehead atoms. The summed E-state index contributed by atoms with van der Waals surface area (Å²) in [6.07, 6.45) is 0. The zero-order valence-corrected chi connectivity index (χ0v) is 12.6. The zero-order chi connectivity index (χ0) is 7.71. The Balaban J connectivity index is -0.000000320. The maximum absolute atomic E-state index is 2.52. The molecule has 0 amide bonds. The fraction of sp³-hybridized carbons (Fsp3) is 1.00. The molecule has 4 heteroatoms. The predicted octanol–water partition coefficient (Wildman–Crippen LogP) is -0.791. The molecule has 0 aromatic rings. The monoisotopic (exact) mass is 230 g/mol. The van der Waals surface area contributed by atoms with Gasteiger partial charge < -0.3 is 1.43 Å². The van der Waals surface area contributed by atoms with Gasteiger partial charge in [-0.05, 0) is 0 Å². The summed E-state index contributed by atoms with van der Waals surface area (Å²) in [4.78, 5) is 0. The van der Waals surface area contributed by atoms with Gasteiger partial charge >= 0.3 is 85.7 Å². The van der Waals surface area contributed by atoms with Crippen LogP contribution in [0.5, 0.6) is 0 Å². The largest absolute Gasteiger partial charge is 1.00 e. The topological polar surface area (TPSA) is 0 Å². The number of rotatable bonds is 2. The molecule has 10 heavy (non-hydrogen) atoms. The summed E-state index contributed by atoms with van der Waals surface area (Å²) in [5, 5.41) is 0. The maximum Gasteiger partial charge on any atom is 1.00 e. The maximum atomic E-state index is 2.52. The van der Waals surface area contributed by atoms with Crippen LogP contribution in [0.2, 0.25) is 39.3 Å². The van der Waals surface area contributed by atoms with E-state index >= 15 is 0 Å². The molecule has 0 aliphatic heterocycles. The van der Waals surface area contributed by atoms with Crippen molar-refractivity contribution in [3.8, 4) is 0 Å². The Morgan fingerprint density at radius 3 is 1.00 bits per heavy atom. The summed E-state index contributed by atoms with van der Waals surface area (Å²) in [6.45, 7) is 13.9. The fourth-order valence-corrected chi connectivity index (χ4v) is 52.6. The molecular formula is C6H20AsLiSi2. The Bertz CT molecular complexity index is 85.7. The normalized spacial score (nSPS) is 12.6. The van der Waals surface area contributed by atoms with Crippen LogP contribution < -0.4 is 18.9 Å². The van der Waals surface area contributed by atoms with Crippen LogP contribution in [0.4, 0.5) is 0 Å². The molecule has 0 unspecified atom stereocenters. The predicted molar refractivity (Wildman–Crippen MR) is 55.0 cm³/mol. The summed E-state index contributed by atoms with van der Waals surface area (Å²) in [5.74, 6) is 0. The average molecular weight is 230 g/mol. The molecule has 58 valence electrons. The summed E-state index contributed by atoms with van der Waals surface area (Å²) < 4.78 is 0. The van der Waals surface area contributed by atoms with Crippen molar-refractivity contribution in [1.82, 2.24) is 0 Å². The van der Waals surface area contributed by atoms with E-state index in [1.807, 2.05) is 0 Å². The van der Waals surface area contributed by atoms with Crippen LogP contribution in [-0.2, 0) is 0 Å². The quantitative estimate of drug-likeness (QED) is 0.545. The summed E-state index contributed by atoms with van der Waals surface area (Å²) in [6, 6.07) is 0. The van der Waals surface area contributed by atoms with Gasteiger partial charge in [-0.15, -0.1) is 0 Å². The van der Waals surface area contributed by atoms with Crippen LogP contribution in [0.15, 0.2) is 0 Å². The molecule has 0 saturated carbocycles. The van der Waals surface area contributed by atoms with Crippen LogP contribution in [0, 0.1) is 0 Å². The summed E-state index contributed by atoms with van der Waals surface area (Å²) in [5.41, 5.74) is 0. The van der Waals surface area contributed by atoms with Gasteiger partial charge in [-0.3, -0.25) is 0 Å². The minimum Gasteiger partial charge on any atom is -1.00 e. The molecule has 0 aliphatic carbocycles. The molecule has 0 heterocycles. The molecule has 0 rings (SSSR count). The van der Waals surface area contributed by atoms with Gasteiger partial charge in [0.15, 0.2) is 0 Å². The summed E-state index contributed by atoms with van der Waals surface area (Å²) in [7, 11) is 0. The van der Waals surface area contributed by atoms with Gasteiger partial charge in [0.25, 0.3) is 0 Å². The molecule has 0 saturated heterocycles. The van der Waals surface area contributed by atoms with Gasteiger partial charge in [-0.1, -0.05) is 0 Å². The van der Waals surface area contributed by atoms with E-state index in [-0.39, 0.29) is 20.3 Å². The first kappa shape index (κ1) is 14.1. The molecule has 0 spiro atoms. The molecule has 0 atom stereocenters. The first-order valence-electron chi connectivity index (χ1n) is 3.50. The van der Waals surface area contributed by atoms with Gasteiger partial charge in [-0.25, -0.2) is 0 Å². The molecule has 0 aromatic carbocycles. The van der Waals surface area contributed by atoms with Crippen molar-refractivity contribution >= 4 is 27.5 Å². The van der Waals surface area contributed by atoms with Gasteiger partial charge in [-0.2, -0.15) is 0 Å². The van der Waals surface area contributed by atoms with E-state index in [0.717, 1.165) is 0 Å². The standard InChI is InChI=1S/C6H19AsSi2.Li.H/c1-8(2,3)7-9(4,5)6;;/h7H,1-6H3;;/q;+1;-1. The Hall–Kier alpha value is 1.59. The third-order valence-electron chi connectivity index (χ3n) is 0.750. The van der Waals surface area contributed by atoms with Crippen molar-refractivity contribution in [2.75, 3.05) is 0 Å². The Kier molecular flexibility index (Phi) is 6.47. The van der Waals surface area contributed by atoms with E-state index in [1.165, 1.54) is 0 Å². The van der Waals surface area contributed by atoms with Gasteiger partial charge in [0.1, 0.15) is 0 Å². The van der Waals surface area contributed by atoms with Crippen molar-refractivity contribution in [2.45, 2.75) is 39.3 Å². The van der Waals surface area contributed by atoms with Crippen molar-refractivity contribution < 1.29 is 20.3 Å². The van der Waals surface area contributed by atoms with E-state index in [1.54, 1.807) is 0 Å².